The monoisotopic (exact) mass is 150 g/mol. The number of aryl methyl sites for hydroxylation is 1. The molecule has 0 fully saturated rings. The molecule has 0 unspecified atom stereocenters. The van der Waals surface area contributed by atoms with Crippen molar-refractivity contribution in [1.29, 1.82) is 0 Å². The van der Waals surface area contributed by atoms with Crippen molar-refractivity contribution in [1.82, 2.24) is 4.98 Å². The Kier molecular flexibility index (Phi) is 2.81. The molecule has 10 heavy (non-hydrogen) atoms. The number of hydrogen-bond donors (Lipinski definition) is 0. The highest BCUT2D eigenvalue weighted by atomic mass is 32.2. The lowest BCUT2D eigenvalue weighted by atomic mass is 10.0. The fraction of sp³-hybridized carbons (Fsp3) is 0.286. The first-order valence-corrected chi connectivity index (χ1v) is 4.40. The summed E-state index contributed by atoms with van der Waals surface area (Å²) >= 11 is 1.68. The quantitative estimate of drug-likeness (QED) is 0.583. The van der Waals surface area contributed by atoms with Crippen LogP contribution in [-0.4, -0.2) is 17.8 Å². The van der Waals surface area contributed by atoms with Gasteiger partial charge in [0.2, 0.25) is 0 Å². The summed E-state index contributed by atoms with van der Waals surface area (Å²) in [6.07, 6.45) is 3.86. The third-order valence-corrected chi connectivity index (χ3v) is 1.65. The van der Waals surface area contributed by atoms with Crippen molar-refractivity contribution < 1.29 is 0 Å². The van der Waals surface area contributed by atoms with Crippen LogP contribution in [0.3, 0.4) is 0 Å². The number of rotatable bonds is 2. The summed E-state index contributed by atoms with van der Waals surface area (Å²) in [4.78, 5) is 4.15. The van der Waals surface area contributed by atoms with Gasteiger partial charge < -0.3 is 0 Å². The van der Waals surface area contributed by atoms with E-state index in [0.29, 0.717) is 0 Å². The molecule has 0 aromatic carbocycles. The number of nitrogens with zero attached hydrogens (tertiary/aromatic N) is 1. The van der Waals surface area contributed by atoms with E-state index in [9.17, 15) is 0 Å². The summed E-state index contributed by atoms with van der Waals surface area (Å²) in [7, 11) is 0. The third kappa shape index (κ3) is 2.07. The molecule has 0 spiro atoms. The lowest BCUT2D eigenvalue weighted by Crippen LogP contribution is -2.14. The van der Waals surface area contributed by atoms with Gasteiger partial charge in [-0.1, -0.05) is 0 Å². The molecule has 0 N–H and O–H groups in total. The summed E-state index contributed by atoms with van der Waals surface area (Å²) in [6, 6.07) is 4.06. The molecule has 0 aliphatic heterocycles. The predicted molar refractivity (Wildman–Crippen MR) is 47.9 cm³/mol. The minimum atomic E-state index is 1.05. The second-order valence-corrected chi connectivity index (χ2v) is 2.82. The Morgan fingerprint density at radius 3 is 3.00 bits per heavy atom. The van der Waals surface area contributed by atoms with E-state index in [0.717, 1.165) is 5.59 Å². The van der Waals surface area contributed by atoms with E-state index < -0.39 is 0 Å². The van der Waals surface area contributed by atoms with Crippen LogP contribution in [0.15, 0.2) is 18.3 Å². The Morgan fingerprint density at radius 1 is 1.60 bits per heavy atom. The largest absolute Gasteiger partial charge is 0.271 e. The van der Waals surface area contributed by atoms with E-state index >= 15 is 0 Å². The lowest BCUT2D eigenvalue weighted by molar-refractivity contribution is 1.34. The average Bonchev–Trinajstić information content (AvgIpc) is 1.88. The number of pyridine rings is 1. The van der Waals surface area contributed by atoms with E-state index in [1.165, 1.54) is 5.56 Å². The van der Waals surface area contributed by atoms with Gasteiger partial charge in [-0.05, 0) is 30.9 Å². The lowest BCUT2D eigenvalue weighted by Gasteiger charge is -1.95. The molecule has 0 aliphatic carbocycles. The summed E-state index contributed by atoms with van der Waals surface area (Å²) in [6.45, 7) is 4.10. The molecule has 0 bridgehead atoms. The van der Waals surface area contributed by atoms with Gasteiger partial charge in [-0.2, -0.15) is 0 Å². The van der Waals surface area contributed by atoms with Gasteiger partial charge in [0.15, 0.2) is 0 Å². The molecule has 0 saturated carbocycles. The molecule has 1 heterocycles. The molecule has 1 radical (unpaired) electrons. The Balaban J connectivity index is 2.75. The highest BCUT2D eigenvalue weighted by Crippen LogP contribution is 1.92. The topological polar surface area (TPSA) is 12.9 Å². The van der Waals surface area contributed by atoms with Gasteiger partial charge in [0.25, 0.3) is 6.56 Å². The van der Waals surface area contributed by atoms with Crippen molar-refractivity contribution >= 4 is 23.8 Å². The Labute approximate surface area is 66.4 Å². The second-order valence-electron chi connectivity index (χ2n) is 2.11. The molecule has 1 aromatic heterocycles. The zero-order chi connectivity index (χ0) is 7.40. The van der Waals surface area contributed by atoms with E-state index in [1.807, 2.05) is 25.1 Å². The highest BCUT2D eigenvalue weighted by Gasteiger charge is 1.93. The van der Waals surface area contributed by atoms with Crippen molar-refractivity contribution in [3.63, 3.8) is 0 Å². The van der Waals surface area contributed by atoms with E-state index in [2.05, 4.69) is 18.0 Å². The molecule has 51 valence electrons. The minimum Gasteiger partial charge on any atom is -0.271 e. The molecule has 0 atom stereocenters. The van der Waals surface area contributed by atoms with Crippen LogP contribution in [0.4, 0.5) is 0 Å². The maximum absolute atomic E-state index is 4.15. The molecule has 1 aromatic rings. The van der Waals surface area contributed by atoms with Crippen LogP contribution in [0.5, 0.6) is 0 Å². The van der Waals surface area contributed by atoms with Gasteiger partial charge in [-0.15, -0.1) is 0 Å². The molecular formula is C7H9BNS. The second kappa shape index (κ2) is 3.66. The maximum atomic E-state index is 4.15. The van der Waals surface area contributed by atoms with Gasteiger partial charge >= 0.3 is 0 Å². The van der Waals surface area contributed by atoms with Gasteiger partial charge in [0, 0.05) is 11.8 Å². The van der Waals surface area contributed by atoms with E-state index in [1.54, 1.807) is 11.6 Å². The number of aromatic nitrogens is 1. The van der Waals surface area contributed by atoms with Gasteiger partial charge in [-0.25, -0.2) is 11.6 Å². The van der Waals surface area contributed by atoms with Crippen LogP contribution >= 0.6 is 11.6 Å². The maximum Gasteiger partial charge on any atom is 0.254 e. The zero-order valence-corrected chi connectivity index (χ0v) is 6.98. The minimum absolute atomic E-state index is 1.05. The first kappa shape index (κ1) is 7.67. The molecule has 3 heteroatoms. The fourth-order valence-corrected chi connectivity index (χ4v) is 1.12. The van der Waals surface area contributed by atoms with Crippen LogP contribution in [0.1, 0.15) is 5.56 Å². The van der Waals surface area contributed by atoms with Crippen LogP contribution in [0.25, 0.3) is 0 Å². The smallest absolute Gasteiger partial charge is 0.254 e. The zero-order valence-electron chi connectivity index (χ0n) is 6.16. The van der Waals surface area contributed by atoms with Crippen molar-refractivity contribution in [3.05, 3.63) is 23.9 Å². The fourth-order valence-electron chi connectivity index (χ4n) is 0.745. The van der Waals surface area contributed by atoms with Crippen LogP contribution in [0, 0.1) is 6.92 Å². The van der Waals surface area contributed by atoms with Crippen molar-refractivity contribution in [2.45, 2.75) is 6.92 Å². The Bertz CT molecular complexity index is 215. The summed E-state index contributed by atoms with van der Waals surface area (Å²) < 4.78 is 0. The first-order valence-electron chi connectivity index (χ1n) is 3.11. The standard InChI is InChI=1S/C7H9BNS/c1-6-3-4-9-7(5-6)8-10-2/h3-5H,1-2H3. The Morgan fingerprint density at radius 2 is 2.40 bits per heavy atom. The average molecular weight is 150 g/mol. The van der Waals surface area contributed by atoms with Crippen molar-refractivity contribution in [2.75, 3.05) is 6.26 Å². The van der Waals surface area contributed by atoms with E-state index in [4.69, 9.17) is 0 Å². The predicted octanol–water partition coefficient (Wildman–Crippen LogP) is 0.998. The summed E-state index contributed by atoms with van der Waals surface area (Å²) in [5, 5.41) is 0. The molecule has 0 saturated heterocycles. The van der Waals surface area contributed by atoms with Crippen LogP contribution in [0.2, 0.25) is 0 Å². The van der Waals surface area contributed by atoms with Gasteiger partial charge in [0.1, 0.15) is 0 Å². The molecule has 1 nitrogen and oxygen atoms in total. The van der Waals surface area contributed by atoms with E-state index in [-0.39, 0.29) is 0 Å². The van der Waals surface area contributed by atoms with Crippen molar-refractivity contribution in [2.24, 2.45) is 0 Å². The van der Waals surface area contributed by atoms with Crippen LogP contribution < -0.4 is 5.59 Å². The number of hydrogen-bond acceptors (Lipinski definition) is 2. The normalized spacial score (nSPS) is 9.40. The molecule has 0 amide bonds. The SMILES string of the molecule is CS[B]c1cc(C)ccn1. The highest BCUT2D eigenvalue weighted by molar-refractivity contribution is 8.23. The first-order chi connectivity index (χ1) is 4.83. The molecular weight excluding hydrogens is 141 g/mol. The summed E-state index contributed by atoms with van der Waals surface area (Å²) in [5.74, 6) is 0. The third-order valence-electron chi connectivity index (χ3n) is 1.18. The van der Waals surface area contributed by atoms with Crippen molar-refractivity contribution in [3.8, 4) is 0 Å². The molecule has 0 aliphatic rings. The molecule has 1 rings (SSSR count). The summed E-state index contributed by atoms with van der Waals surface area (Å²) in [5.41, 5.74) is 2.31. The van der Waals surface area contributed by atoms with Gasteiger partial charge in [0.05, 0.1) is 0 Å². The van der Waals surface area contributed by atoms with Gasteiger partial charge in [-0.3, -0.25) is 4.98 Å². The van der Waals surface area contributed by atoms with Crippen LogP contribution in [-0.2, 0) is 0 Å². The Hall–Kier alpha value is -0.435.